The molecule has 1 saturated heterocycles. The number of nitrogens with zero attached hydrogens (tertiary/aromatic N) is 3. The second-order valence-electron chi connectivity index (χ2n) is 6.77. The Labute approximate surface area is 156 Å². The summed E-state index contributed by atoms with van der Waals surface area (Å²) in [6, 6.07) is 8.72. The molecular formula is C18H20N4O4S. The van der Waals surface area contributed by atoms with Gasteiger partial charge in [-0.05, 0) is 18.9 Å². The largest absolute Gasteiger partial charge is 0.443 e. The lowest BCUT2D eigenvalue weighted by molar-refractivity contribution is 0.0998. The van der Waals surface area contributed by atoms with E-state index in [2.05, 4.69) is 5.10 Å². The fourth-order valence-corrected chi connectivity index (χ4v) is 5.06. The van der Waals surface area contributed by atoms with Gasteiger partial charge < -0.3 is 10.2 Å². The van der Waals surface area contributed by atoms with Crippen LogP contribution in [0.25, 0.3) is 11.0 Å². The highest BCUT2D eigenvalue weighted by molar-refractivity contribution is 7.89. The second kappa shape index (κ2) is 6.50. The number of carbonyl (C=O) groups is 1. The predicted molar refractivity (Wildman–Crippen MR) is 98.7 cm³/mol. The van der Waals surface area contributed by atoms with Crippen LogP contribution in [-0.2, 0) is 17.1 Å². The molecule has 1 atom stereocenters. The molecule has 3 aromatic rings. The lowest BCUT2D eigenvalue weighted by Crippen LogP contribution is -2.39. The number of primary amides is 1. The van der Waals surface area contributed by atoms with E-state index in [0.29, 0.717) is 29.8 Å². The molecule has 2 N–H and O–H groups in total. The Bertz CT molecular complexity index is 1080. The summed E-state index contributed by atoms with van der Waals surface area (Å²) < 4.78 is 34.6. The molecule has 1 amide bonds. The zero-order valence-corrected chi connectivity index (χ0v) is 15.6. The highest BCUT2D eigenvalue weighted by Crippen LogP contribution is 2.32. The van der Waals surface area contributed by atoms with Gasteiger partial charge in [-0.25, -0.2) is 8.42 Å². The quantitative estimate of drug-likeness (QED) is 0.733. The lowest BCUT2D eigenvalue weighted by Gasteiger charge is -2.30. The van der Waals surface area contributed by atoms with Gasteiger partial charge in [0.1, 0.15) is 5.58 Å². The number of para-hydroxylation sites is 1. The molecule has 9 heteroatoms. The van der Waals surface area contributed by atoms with Gasteiger partial charge in [0.25, 0.3) is 15.9 Å². The van der Waals surface area contributed by atoms with Crippen molar-refractivity contribution in [3.8, 4) is 0 Å². The van der Waals surface area contributed by atoms with E-state index in [0.717, 1.165) is 11.8 Å². The Morgan fingerprint density at radius 2 is 2.11 bits per heavy atom. The van der Waals surface area contributed by atoms with Crippen LogP contribution in [0, 0.1) is 0 Å². The summed E-state index contributed by atoms with van der Waals surface area (Å²) in [5.74, 6) is -0.753. The van der Waals surface area contributed by atoms with E-state index in [1.807, 2.05) is 12.1 Å². The van der Waals surface area contributed by atoms with Crippen molar-refractivity contribution in [2.24, 2.45) is 12.8 Å². The molecule has 0 aliphatic carbocycles. The molecule has 0 radical (unpaired) electrons. The maximum Gasteiger partial charge on any atom is 0.276 e. The van der Waals surface area contributed by atoms with Gasteiger partial charge >= 0.3 is 0 Å². The van der Waals surface area contributed by atoms with Crippen molar-refractivity contribution in [2.45, 2.75) is 23.9 Å². The molecule has 1 aliphatic heterocycles. The molecule has 4 rings (SSSR count). The van der Waals surface area contributed by atoms with Crippen molar-refractivity contribution in [3.05, 3.63) is 47.8 Å². The van der Waals surface area contributed by atoms with Gasteiger partial charge in [0, 0.05) is 43.7 Å². The Morgan fingerprint density at radius 3 is 2.85 bits per heavy atom. The van der Waals surface area contributed by atoms with Gasteiger partial charge in [-0.1, -0.05) is 18.2 Å². The fourth-order valence-electron chi connectivity index (χ4n) is 3.59. The van der Waals surface area contributed by atoms with Gasteiger partial charge in [-0.3, -0.25) is 9.48 Å². The lowest BCUT2D eigenvalue weighted by atomic mass is 9.93. The maximum absolute atomic E-state index is 13.1. The number of amides is 1. The van der Waals surface area contributed by atoms with E-state index in [9.17, 15) is 13.2 Å². The van der Waals surface area contributed by atoms with Gasteiger partial charge in [-0.2, -0.15) is 9.40 Å². The summed E-state index contributed by atoms with van der Waals surface area (Å²) in [5, 5.41) is 5.02. The summed E-state index contributed by atoms with van der Waals surface area (Å²) in [7, 11) is -2.07. The van der Waals surface area contributed by atoms with Crippen molar-refractivity contribution >= 4 is 26.9 Å². The summed E-state index contributed by atoms with van der Waals surface area (Å²) in [5.41, 5.74) is 6.87. The van der Waals surface area contributed by atoms with Crippen LogP contribution >= 0.6 is 0 Å². The van der Waals surface area contributed by atoms with Crippen LogP contribution in [-0.4, -0.2) is 41.5 Å². The van der Waals surface area contributed by atoms with Gasteiger partial charge in [0.05, 0.1) is 11.3 Å². The van der Waals surface area contributed by atoms with E-state index in [1.165, 1.54) is 8.99 Å². The first-order valence-corrected chi connectivity index (χ1v) is 10.1. The second-order valence-corrected chi connectivity index (χ2v) is 8.64. The number of rotatable bonds is 4. The minimum atomic E-state index is -3.78. The van der Waals surface area contributed by atoms with Crippen LogP contribution in [0.5, 0.6) is 0 Å². The Hall–Kier alpha value is -2.65. The molecule has 0 bridgehead atoms. The first-order chi connectivity index (χ1) is 12.9. The molecule has 1 aromatic carbocycles. The van der Waals surface area contributed by atoms with Crippen molar-refractivity contribution < 1.29 is 17.6 Å². The van der Waals surface area contributed by atoms with E-state index in [1.54, 1.807) is 31.4 Å². The SMILES string of the molecule is Cn1cc(C(N)=O)c([C@H]2CCCN(S(=O)(=O)c3cc4ccccc4o3)C2)n1. The molecule has 8 nitrogen and oxygen atoms in total. The number of fused-ring (bicyclic) bond motifs is 1. The van der Waals surface area contributed by atoms with Crippen LogP contribution in [0.15, 0.2) is 46.0 Å². The number of hydrogen-bond donors (Lipinski definition) is 1. The number of sulfonamides is 1. The first-order valence-electron chi connectivity index (χ1n) is 8.68. The number of benzene rings is 1. The molecule has 1 aliphatic rings. The maximum atomic E-state index is 13.1. The normalized spacial score (nSPS) is 18.8. The van der Waals surface area contributed by atoms with E-state index in [4.69, 9.17) is 10.2 Å². The number of carbonyl (C=O) groups excluding carboxylic acids is 1. The van der Waals surface area contributed by atoms with Crippen molar-refractivity contribution in [2.75, 3.05) is 13.1 Å². The number of piperidine rings is 1. The molecule has 0 unspecified atom stereocenters. The van der Waals surface area contributed by atoms with Gasteiger partial charge in [0.15, 0.2) is 0 Å². The third kappa shape index (κ3) is 3.13. The summed E-state index contributed by atoms with van der Waals surface area (Å²) >= 11 is 0. The zero-order chi connectivity index (χ0) is 19.2. The monoisotopic (exact) mass is 388 g/mol. The number of hydrogen-bond acceptors (Lipinski definition) is 5. The minimum Gasteiger partial charge on any atom is -0.443 e. The van der Waals surface area contributed by atoms with Crippen LogP contribution in [0.3, 0.4) is 0 Å². The molecule has 142 valence electrons. The highest BCUT2D eigenvalue weighted by Gasteiger charge is 2.35. The zero-order valence-electron chi connectivity index (χ0n) is 14.8. The molecule has 3 heterocycles. The molecule has 1 fully saturated rings. The van der Waals surface area contributed by atoms with E-state index in [-0.39, 0.29) is 17.6 Å². The highest BCUT2D eigenvalue weighted by atomic mass is 32.2. The standard InChI is InChI=1S/C18H20N4O4S/c1-21-11-14(18(19)23)17(20-21)13-6-4-8-22(10-13)27(24,25)16-9-12-5-2-3-7-15(12)26-16/h2-3,5,7,9,11,13H,4,6,8,10H2,1H3,(H2,19,23)/t13-/m0/s1. The van der Waals surface area contributed by atoms with Crippen molar-refractivity contribution in [3.63, 3.8) is 0 Å². The Morgan fingerprint density at radius 1 is 1.33 bits per heavy atom. The van der Waals surface area contributed by atoms with Crippen LogP contribution < -0.4 is 5.73 Å². The Kier molecular flexibility index (Phi) is 4.27. The number of aryl methyl sites for hydroxylation is 1. The average Bonchev–Trinajstić information content (AvgIpc) is 3.26. The minimum absolute atomic E-state index is 0.0690. The molecule has 27 heavy (non-hydrogen) atoms. The van der Waals surface area contributed by atoms with Crippen LogP contribution in [0.1, 0.15) is 34.8 Å². The van der Waals surface area contributed by atoms with Crippen molar-refractivity contribution in [1.82, 2.24) is 14.1 Å². The van der Waals surface area contributed by atoms with E-state index < -0.39 is 15.9 Å². The number of aromatic nitrogens is 2. The third-order valence-electron chi connectivity index (χ3n) is 4.89. The molecule has 2 aromatic heterocycles. The third-order valence-corrected chi connectivity index (χ3v) is 6.61. The van der Waals surface area contributed by atoms with Crippen LogP contribution in [0.4, 0.5) is 0 Å². The average molecular weight is 388 g/mol. The number of nitrogens with two attached hydrogens (primary N) is 1. The van der Waals surface area contributed by atoms with E-state index >= 15 is 0 Å². The van der Waals surface area contributed by atoms with Crippen LogP contribution in [0.2, 0.25) is 0 Å². The topological polar surface area (TPSA) is 111 Å². The van der Waals surface area contributed by atoms with Gasteiger partial charge in [0.2, 0.25) is 5.09 Å². The predicted octanol–water partition coefficient (Wildman–Crippen LogP) is 1.83. The first kappa shape index (κ1) is 17.7. The molecule has 0 saturated carbocycles. The smallest absolute Gasteiger partial charge is 0.276 e. The fraction of sp³-hybridized carbons (Fsp3) is 0.333. The van der Waals surface area contributed by atoms with Gasteiger partial charge in [-0.15, -0.1) is 0 Å². The summed E-state index contributed by atoms with van der Waals surface area (Å²) in [4.78, 5) is 11.7. The number of furan rings is 1. The summed E-state index contributed by atoms with van der Waals surface area (Å²) in [6.45, 7) is 0.630. The summed E-state index contributed by atoms with van der Waals surface area (Å²) in [6.07, 6.45) is 2.98. The molecular weight excluding hydrogens is 368 g/mol. The Balaban J connectivity index is 1.65. The van der Waals surface area contributed by atoms with Crippen molar-refractivity contribution in [1.29, 1.82) is 0 Å². The molecule has 0 spiro atoms.